The van der Waals surface area contributed by atoms with Gasteiger partial charge in [-0.25, -0.2) is 0 Å². The molecule has 1 aliphatic rings. The van der Waals surface area contributed by atoms with Crippen LogP contribution in [0.1, 0.15) is 278 Å². The zero-order valence-corrected chi connectivity index (χ0v) is 42.7. The molecular formula is C63H96S. The molecule has 0 fully saturated rings. The Hall–Kier alpha value is -2.64. The molecule has 0 spiro atoms. The zero-order valence-electron chi connectivity index (χ0n) is 41.9. The van der Waals surface area contributed by atoms with E-state index in [1.54, 1.807) is 0 Å². The van der Waals surface area contributed by atoms with Gasteiger partial charge in [-0.15, -0.1) is 11.3 Å². The van der Waals surface area contributed by atoms with E-state index in [-0.39, 0.29) is 5.41 Å². The monoisotopic (exact) mass is 885 g/mol. The summed E-state index contributed by atoms with van der Waals surface area (Å²) in [4.78, 5) is 1.45. The summed E-state index contributed by atoms with van der Waals surface area (Å²) in [6.07, 6.45) is 53.9. The van der Waals surface area contributed by atoms with Crippen LogP contribution in [0.25, 0.3) is 10.4 Å². The fourth-order valence-electron chi connectivity index (χ4n) is 11.1. The Morgan fingerprint density at radius 1 is 0.312 bits per heavy atom. The van der Waals surface area contributed by atoms with E-state index in [2.05, 4.69) is 98.1 Å². The highest BCUT2D eigenvalue weighted by Gasteiger charge is 2.46. The van der Waals surface area contributed by atoms with Crippen molar-refractivity contribution in [3.8, 4) is 10.4 Å². The lowest BCUT2D eigenvalue weighted by Gasteiger charge is -2.33. The first-order chi connectivity index (χ1) is 31.8. The van der Waals surface area contributed by atoms with Crippen LogP contribution in [-0.2, 0) is 18.3 Å². The summed E-state index contributed by atoms with van der Waals surface area (Å²) in [5.74, 6) is 0. The quantitative estimate of drug-likeness (QED) is 0.0344. The van der Waals surface area contributed by atoms with E-state index in [0.717, 1.165) is 0 Å². The second kappa shape index (κ2) is 32.9. The third-order valence-electron chi connectivity index (χ3n) is 15.1. The van der Waals surface area contributed by atoms with E-state index in [1.165, 1.54) is 288 Å². The first-order valence-corrected chi connectivity index (χ1v) is 29.0. The van der Waals surface area contributed by atoms with Crippen molar-refractivity contribution in [3.63, 3.8) is 0 Å². The molecule has 0 radical (unpaired) electrons. The van der Waals surface area contributed by atoms with E-state index in [9.17, 15) is 0 Å². The van der Waals surface area contributed by atoms with Crippen LogP contribution in [0.5, 0.6) is 0 Å². The first kappa shape index (κ1) is 52.3. The second-order valence-electron chi connectivity index (χ2n) is 20.4. The summed E-state index contributed by atoms with van der Waals surface area (Å²) in [7, 11) is 0. The molecule has 0 unspecified atom stereocenters. The molecule has 0 nitrogen and oxygen atoms in total. The molecule has 5 rings (SSSR count). The molecule has 0 amide bonds. The van der Waals surface area contributed by atoms with Crippen LogP contribution in [0.4, 0.5) is 0 Å². The molecule has 4 aromatic rings. The van der Waals surface area contributed by atoms with Gasteiger partial charge in [-0.2, -0.15) is 0 Å². The standard InChI is InChI=1S/C63H96S/c1-3-5-7-9-11-13-15-17-19-21-23-25-27-29-31-33-35-37-41-55-45-49-57(50-46-55)63(60-44-40-39-43-59(60)62-61(63)53-54-64-62)58-51-47-56(48-52-58)42-38-36-34-32-30-28-26-24-22-20-18-16-14-12-10-8-6-4-2/h39-40,43-54H,3-38,41-42H2,1-2H3. The number of unbranched alkanes of at least 4 members (excludes halogenated alkanes) is 34. The van der Waals surface area contributed by atoms with Gasteiger partial charge in [0.25, 0.3) is 0 Å². The topological polar surface area (TPSA) is 0 Å². The van der Waals surface area contributed by atoms with Crippen molar-refractivity contribution in [1.29, 1.82) is 0 Å². The van der Waals surface area contributed by atoms with Crippen LogP contribution in [0.2, 0.25) is 0 Å². The minimum Gasteiger partial charge on any atom is -0.143 e. The van der Waals surface area contributed by atoms with Gasteiger partial charge in [0.1, 0.15) is 0 Å². The fourth-order valence-corrected chi connectivity index (χ4v) is 12.1. The van der Waals surface area contributed by atoms with E-state index < -0.39 is 0 Å². The number of aryl methyl sites for hydroxylation is 2. The summed E-state index contributed by atoms with van der Waals surface area (Å²) >= 11 is 1.91. The first-order valence-electron chi connectivity index (χ1n) is 28.2. The van der Waals surface area contributed by atoms with Gasteiger partial charge in [0.15, 0.2) is 0 Å². The van der Waals surface area contributed by atoms with Crippen molar-refractivity contribution < 1.29 is 0 Å². The van der Waals surface area contributed by atoms with Crippen molar-refractivity contribution in [2.75, 3.05) is 0 Å². The van der Waals surface area contributed by atoms with Gasteiger partial charge in [0.2, 0.25) is 0 Å². The maximum Gasteiger partial charge on any atom is 0.0722 e. The number of rotatable bonds is 40. The maximum atomic E-state index is 2.47. The molecule has 1 aromatic heterocycles. The molecule has 64 heavy (non-hydrogen) atoms. The lowest BCUT2D eigenvalue weighted by atomic mass is 9.68. The summed E-state index contributed by atoms with van der Waals surface area (Å²) < 4.78 is 0. The Morgan fingerprint density at radius 3 is 0.969 bits per heavy atom. The van der Waals surface area contributed by atoms with Crippen LogP contribution in [0.15, 0.2) is 84.2 Å². The van der Waals surface area contributed by atoms with Gasteiger partial charge in [-0.3, -0.25) is 0 Å². The minimum atomic E-state index is -0.260. The van der Waals surface area contributed by atoms with E-state index in [1.807, 2.05) is 11.3 Å². The third kappa shape index (κ3) is 17.9. The number of thiophene rings is 1. The average molecular weight is 886 g/mol. The van der Waals surface area contributed by atoms with E-state index in [0.29, 0.717) is 0 Å². The number of benzene rings is 3. The second-order valence-corrected chi connectivity index (χ2v) is 21.3. The van der Waals surface area contributed by atoms with E-state index >= 15 is 0 Å². The summed E-state index contributed by atoms with van der Waals surface area (Å²) in [6.45, 7) is 4.62. The minimum absolute atomic E-state index is 0.260. The normalized spacial score (nSPS) is 12.8. The Balaban J connectivity index is 0.981. The molecule has 0 bridgehead atoms. The Morgan fingerprint density at radius 2 is 0.625 bits per heavy atom. The number of hydrogen-bond donors (Lipinski definition) is 0. The van der Waals surface area contributed by atoms with Crippen LogP contribution in [0.3, 0.4) is 0 Å². The van der Waals surface area contributed by atoms with Crippen molar-refractivity contribution in [1.82, 2.24) is 0 Å². The molecule has 0 saturated heterocycles. The van der Waals surface area contributed by atoms with Crippen molar-refractivity contribution >= 4 is 11.3 Å². The van der Waals surface area contributed by atoms with Crippen LogP contribution in [-0.4, -0.2) is 0 Å². The molecule has 0 saturated carbocycles. The zero-order chi connectivity index (χ0) is 44.6. The Kier molecular flexibility index (Phi) is 26.9. The van der Waals surface area contributed by atoms with Crippen LogP contribution >= 0.6 is 11.3 Å². The molecule has 354 valence electrons. The van der Waals surface area contributed by atoms with Crippen LogP contribution < -0.4 is 0 Å². The smallest absolute Gasteiger partial charge is 0.0722 e. The van der Waals surface area contributed by atoms with Gasteiger partial charge < -0.3 is 0 Å². The molecule has 1 heteroatoms. The van der Waals surface area contributed by atoms with E-state index in [4.69, 9.17) is 0 Å². The largest absolute Gasteiger partial charge is 0.143 e. The third-order valence-corrected chi connectivity index (χ3v) is 16.0. The molecule has 3 aromatic carbocycles. The summed E-state index contributed by atoms with van der Waals surface area (Å²) in [5, 5.41) is 2.32. The highest BCUT2D eigenvalue weighted by Crippen LogP contribution is 2.57. The number of fused-ring (bicyclic) bond motifs is 3. The van der Waals surface area contributed by atoms with Gasteiger partial charge in [-0.1, -0.05) is 305 Å². The lowest BCUT2D eigenvalue weighted by molar-refractivity contribution is 0.525. The Bertz CT molecular complexity index is 1620. The molecule has 0 aliphatic heterocycles. The summed E-state index contributed by atoms with van der Waals surface area (Å²) in [5.41, 5.74) is 9.88. The predicted molar refractivity (Wildman–Crippen MR) is 287 cm³/mol. The van der Waals surface area contributed by atoms with Gasteiger partial charge in [0, 0.05) is 4.88 Å². The van der Waals surface area contributed by atoms with Crippen molar-refractivity contribution in [2.24, 2.45) is 0 Å². The van der Waals surface area contributed by atoms with Gasteiger partial charge in [-0.05, 0) is 76.1 Å². The molecule has 1 aliphatic carbocycles. The molecule has 0 N–H and O–H groups in total. The van der Waals surface area contributed by atoms with Gasteiger partial charge >= 0.3 is 0 Å². The van der Waals surface area contributed by atoms with Crippen LogP contribution in [0, 0.1) is 0 Å². The lowest BCUT2D eigenvalue weighted by Crippen LogP contribution is -2.28. The SMILES string of the molecule is CCCCCCCCCCCCCCCCCCCCc1ccc(C2(c3ccc(CCCCCCCCCCCCCCCCCCCC)cc3)c3ccccc3-c3sccc32)cc1. The van der Waals surface area contributed by atoms with Gasteiger partial charge in [0.05, 0.1) is 5.41 Å². The Labute approximate surface area is 400 Å². The summed E-state index contributed by atoms with van der Waals surface area (Å²) in [6, 6.07) is 31.3. The molecule has 1 heterocycles. The number of hydrogen-bond acceptors (Lipinski definition) is 1. The predicted octanol–water partition coefficient (Wildman–Crippen LogP) is 21.3. The fraction of sp³-hybridized carbons (Fsp3) is 0.651. The highest BCUT2D eigenvalue weighted by molar-refractivity contribution is 7.14. The highest BCUT2D eigenvalue weighted by atomic mass is 32.1. The maximum absolute atomic E-state index is 2.47. The van der Waals surface area contributed by atoms with Crippen molar-refractivity contribution in [2.45, 2.75) is 263 Å². The molecular weight excluding hydrogens is 789 g/mol. The average Bonchev–Trinajstić information content (AvgIpc) is 3.92. The molecule has 0 atom stereocenters. The van der Waals surface area contributed by atoms with Crippen molar-refractivity contribution in [3.05, 3.63) is 118 Å².